The summed E-state index contributed by atoms with van der Waals surface area (Å²) in [5.41, 5.74) is 3.00. The van der Waals surface area contributed by atoms with Crippen LogP contribution in [0.15, 0.2) is 91.4 Å². The van der Waals surface area contributed by atoms with Crippen LogP contribution in [0.3, 0.4) is 0 Å². The minimum atomic E-state index is -0.0206. The zero-order valence-corrected chi connectivity index (χ0v) is 14.7. The van der Waals surface area contributed by atoms with Crippen molar-refractivity contribution >= 4 is 17.7 Å². The van der Waals surface area contributed by atoms with Crippen LogP contribution in [0.1, 0.15) is 12.5 Å². The van der Waals surface area contributed by atoms with Crippen molar-refractivity contribution in [1.82, 2.24) is 0 Å². The molecule has 0 N–H and O–H groups in total. The Bertz CT molecular complexity index is 831. The first-order valence-corrected chi connectivity index (χ1v) is 7.84. The van der Waals surface area contributed by atoms with Crippen LogP contribution in [0.5, 0.6) is 0 Å². The largest absolute Gasteiger partial charge is 1.00 e. The highest BCUT2D eigenvalue weighted by atomic mass is 35.5. The number of amides is 1. The fraction of sp³-hybridized carbons (Fsp3) is 0.0476. The van der Waals surface area contributed by atoms with E-state index >= 15 is 0 Å². The molecule has 0 saturated carbocycles. The Morgan fingerprint density at radius 2 is 1.44 bits per heavy atom. The molecule has 25 heavy (non-hydrogen) atoms. The van der Waals surface area contributed by atoms with Gasteiger partial charge in [-0.25, -0.2) is 0 Å². The molecule has 2 aromatic carbocycles. The van der Waals surface area contributed by atoms with E-state index < -0.39 is 0 Å². The van der Waals surface area contributed by atoms with Gasteiger partial charge in [0.05, 0.1) is 0 Å². The number of hydrogen-bond acceptors (Lipinski definition) is 1. The van der Waals surface area contributed by atoms with Gasteiger partial charge in [0.1, 0.15) is 0 Å². The SMILES string of the molecule is CC(=O)N(C=Cc1cc[n+](-c2ccccc2)cc1)c1ccccc1.[Cl-]. The van der Waals surface area contributed by atoms with E-state index in [1.54, 1.807) is 18.0 Å². The van der Waals surface area contributed by atoms with Gasteiger partial charge in [-0.15, -0.1) is 0 Å². The number of para-hydroxylation sites is 2. The molecule has 3 aromatic rings. The number of hydrogen-bond donors (Lipinski definition) is 0. The molecule has 4 heteroatoms. The maximum atomic E-state index is 11.9. The normalized spacial score (nSPS) is 10.3. The van der Waals surface area contributed by atoms with Crippen molar-refractivity contribution in [2.45, 2.75) is 6.92 Å². The van der Waals surface area contributed by atoms with E-state index in [2.05, 4.69) is 16.7 Å². The Morgan fingerprint density at radius 3 is 2.00 bits per heavy atom. The van der Waals surface area contributed by atoms with Gasteiger partial charge in [0.2, 0.25) is 11.6 Å². The van der Waals surface area contributed by atoms with Crippen molar-refractivity contribution in [2.75, 3.05) is 4.90 Å². The summed E-state index contributed by atoms with van der Waals surface area (Å²) < 4.78 is 2.05. The van der Waals surface area contributed by atoms with E-state index in [4.69, 9.17) is 0 Å². The van der Waals surface area contributed by atoms with Gasteiger partial charge in [0, 0.05) is 43.1 Å². The molecule has 126 valence electrons. The first-order chi connectivity index (χ1) is 11.7. The van der Waals surface area contributed by atoms with Crippen LogP contribution in [-0.2, 0) is 4.79 Å². The predicted octanol–water partition coefficient (Wildman–Crippen LogP) is 0.991. The molecule has 0 fully saturated rings. The second-order valence-electron chi connectivity index (χ2n) is 5.41. The second-order valence-corrected chi connectivity index (χ2v) is 5.41. The number of anilines is 1. The molecule has 1 aromatic heterocycles. The monoisotopic (exact) mass is 350 g/mol. The lowest BCUT2D eigenvalue weighted by atomic mass is 10.2. The summed E-state index contributed by atoms with van der Waals surface area (Å²) in [6, 6.07) is 23.8. The average molecular weight is 351 g/mol. The summed E-state index contributed by atoms with van der Waals surface area (Å²) in [6.45, 7) is 1.56. The number of rotatable bonds is 4. The molecule has 0 bridgehead atoms. The molecule has 1 heterocycles. The summed E-state index contributed by atoms with van der Waals surface area (Å²) in [4.78, 5) is 13.5. The van der Waals surface area contributed by atoms with Gasteiger partial charge in [-0.2, -0.15) is 4.57 Å². The molecule has 1 amide bonds. The van der Waals surface area contributed by atoms with E-state index in [9.17, 15) is 4.79 Å². The quantitative estimate of drug-likeness (QED) is 0.644. The Kier molecular flexibility index (Phi) is 6.49. The van der Waals surface area contributed by atoms with Crippen molar-refractivity contribution in [3.05, 3.63) is 97.0 Å². The Hall–Kier alpha value is -2.91. The highest BCUT2D eigenvalue weighted by Crippen LogP contribution is 2.15. The third kappa shape index (κ3) is 4.78. The summed E-state index contributed by atoms with van der Waals surface area (Å²) in [6.07, 6.45) is 7.76. The minimum absolute atomic E-state index is 0. The van der Waals surface area contributed by atoms with Gasteiger partial charge in [-0.1, -0.05) is 36.4 Å². The van der Waals surface area contributed by atoms with Gasteiger partial charge in [-0.05, 0) is 23.8 Å². The van der Waals surface area contributed by atoms with Crippen molar-refractivity contribution in [2.24, 2.45) is 0 Å². The first kappa shape index (κ1) is 18.4. The maximum absolute atomic E-state index is 11.9. The van der Waals surface area contributed by atoms with Gasteiger partial charge in [0.15, 0.2) is 12.4 Å². The summed E-state index contributed by atoms with van der Waals surface area (Å²) in [5.74, 6) is -0.0206. The van der Waals surface area contributed by atoms with E-state index in [0.29, 0.717) is 0 Å². The number of carbonyl (C=O) groups is 1. The molecule has 0 atom stereocenters. The van der Waals surface area contributed by atoms with Crippen LogP contribution in [0.25, 0.3) is 11.8 Å². The highest BCUT2D eigenvalue weighted by molar-refractivity contribution is 5.94. The molecule has 0 unspecified atom stereocenters. The Morgan fingerprint density at radius 1 is 0.880 bits per heavy atom. The molecular formula is C21H19ClN2O. The van der Waals surface area contributed by atoms with Crippen molar-refractivity contribution in [1.29, 1.82) is 0 Å². The van der Waals surface area contributed by atoms with E-state index in [1.165, 1.54) is 0 Å². The van der Waals surface area contributed by atoms with Crippen molar-refractivity contribution in [3.63, 3.8) is 0 Å². The predicted molar refractivity (Wildman–Crippen MR) is 96.6 cm³/mol. The van der Waals surface area contributed by atoms with Gasteiger partial charge in [-0.3, -0.25) is 9.69 Å². The van der Waals surface area contributed by atoms with E-state index in [-0.39, 0.29) is 18.3 Å². The molecule has 3 rings (SSSR count). The number of pyridine rings is 1. The van der Waals surface area contributed by atoms with Crippen LogP contribution < -0.4 is 21.9 Å². The molecule has 3 nitrogen and oxygen atoms in total. The third-order valence-electron chi connectivity index (χ3n) is 3.70. The zero-order chi connectivity index (χ0) is 16.8. The van der Waals surface area contributed by atoms with Crippen molar-refractivity contribution < 1.29 is 21.8 Å². The van der Waals surface area contributed by atoms with Gasteiger partial charge < -0.3 is 12.4 Å². The number of carbonyl (C=O) groups excluding carboxylic acids is 1. The second kappa shape index (κ2) is 8.81. The molecule has 0 aliphatic rings. The van der Waals surface area contributed by atoms with Crippen LogP contribution in [0.2, 0.25) is 0 Å². The standard InChI is InChI=1S/C21H19N2O.ClH/c1-18(24)23(21-10-6-3-7-11-21)17-14-19-12-15-22(16-13-19)20-8-4-2-5-9-20;/h2-17H,1H3;1H/q+1;/p-1. The molecule has 0 aliphatic carbocycles. The van der Waals surface area contributed by atoms with Crippen LogP contribution in [0, 0.1) is 0 Å². The maximum Gasteiger partial charge on any atom is 0.227 e. The summed E-state index contributed by atoms with van der Waals surface area (Å²) in [7, 11) is 0. The number of halogens is 1. The highest BCUT2D eigenvalue weighted by Gasteiger charge is 2.07. The fourth-order valence-electron chi connectivity index (χ4n) is 2.44. The topological polar surface area (TPSA) is 24.2 Å². The summed E-state index contributed by atoms with van der Waals surface area (Å²) >= 11 is 0. The third-order valence-corrected chi connectivity index (χ3v) is 3.70. The molecule has 0 aliphatic heterocycles. The molecule has 0 spiro atoms. The Labute approximate surface area is 154 Å². The number of benzene rings is 2. The van der Waals surface area contributed by atoms with Crippen LogP contribution in [0.4, 0.5) is 5.69 Å². The summed E-state index contributed by atoms with van der Waals surface area (Å²) in [5, 5.41) is 0. The van der Waals surface area contributed by atoms with Crippen molar-refractivity contribution in [3.8, 4) is 5.69 Å². The zero-order valence-electron chi connectivity index (χ0n) is 13.9. The van der Waals surface area contributed by atoms with E-state index in [0.717, 1.165) is 16.9 Å². The Balaban J connectivity index is 0.00000225. The van der Waals surface area contributed by atoms with Gasteiger partial charge >= 0.3 is 0 Å². The van der Waals surface area contributed by atoms with Gasteiger partial charge in [0.25, 0.3) is 0 Å². The minimum Gasteiger partial charge on any atom is -1.00 e. The van der Waals surface area contributed by atoms with Crippen LogP contribution >= 0.6 is 0 Å². The number of aromatic nitrogens is 1. The number of nitrogens with zero attached hydrogens (tertiary/aromatic N) is 2. The smallest absolute Gasteiger partial charge is 0.227 e. The van der Waals surface area contributed by atoms with E-state index in [1.807, 2.05) is 79.1 Å². The first-order valence-electron chi connectivity index (χ1n) is 7.84. The average Bonchev–Trinajstić information content (AvgIpc) is 2.64. The molecule has 0 saturated heterocycles. The lowest BCUT2D eigenvalue weighted by Crippen LogP contribution is -3.00. The lowest BCUT2D eigenvalue weighted by molar-refractivity contribution is -0.595. The fourth-order valence-corrected chi connectivity index (χ4v) is 2.44. The molecule has 0 radical (unpaired) electrons. The molecular weight excluding hydrogens is 332 g/mol. The van der Waals surface area contributed by atoms with Crippen LogP contribution in [-0.4, -0.2) is 5.91 Å². The lowest BCUT2D eigenvalue weighted by Gasteiger charge is -2.16.